The lowest BCUT2D eigenvalue weighted by Crippen LogP contribution is -2.15. The molecule has 0 fully saturated rings. The number of pyridine rings is 1. The average molecular weight is 279 g/mol. The van der Waals surface area contributed by atoms with Gasteiger partial charge in [0.05, 0.1) is 17.3 Å². The summed E-state index contributed by atoms with van der Waals surface area (Å²) in [6.07, 6.45) is 0.856. The van der Waals surface area contributed by atoms with E-state index >= 15 is 0 Å². The molecule has 1 aromatic heterocycles. The highest BCUT2D eigenvalue weighted by atomic mass is 35.5. The molecule has 0 amide bonds. The number of nitrogens with zero attached hydrogens (tertiary/aromatic N) is 2. The van der Waals surface area contributed by atoms with E-state index in [4.69, 9.17) is 11.6 Å². The molecule has 0 aliphatic carbocycles. The van der Waals surface area contributed by atoms with Gasteiger partial charge in [0.25, 0.3) is 0 Å². The summed E-state index contributed by atoms with van der Waals surface area (Å²) in [6.45, 7) is 0.537. The van der Waals surface area contributed by atoms with Crippen LogP contribution in [0.5, 0.6) is 0 Å². The van der Waals surface area contributed by atoms with Crippen molar-refractivity contribution in [1.29, 1.82) is 0 Å². The highest BCUT2D eigenvalue weighted by Gasteiger charge is 2.22. The minimum atomic E-state index is -0.262. The van der Waals surface area contributed by atoms with Gasteiger partial charge in [-0.1, -0.05) is 17.7 Å². The van der Waals surface area contributed by atoms with Crippen molar-refractivity contribution < 1.29 is 9.50 Å². The predicted octanol–water partition coefficient (Wildman–Crippen LogP) is 3.06. The largest absolute Gasteiger partial charge is 0.390 e. The smallest absolute Gasteiger partial charge is 0.133 e. The molecule has 1 N–H and O–H groups in total. The molecule has 1 aromatic carbocycles. The third-order valence-corrected chi connectivity index (χ3v) is 3.62. The summed E-state index contributed by atoms with van der Waals surface area (Å²) in [4.78, 5) is 6.26. The number of aromatic nitrogens is 1. The Kier molecular flexibility index (Phi) is 3.12. The zero-order valence-corrected chi connectivity index (χ0v) is 10.9. The standard InChI is InChI=1S/C14H12ClFN2O/c15-11-3-4-14(17-12(11)8-19)18-6-5-9-1-2-10(16)7-13(9)18/h1-4,7,19H,5-6,8H2. The summed E-state index contributed by atoms with van der Waals surface area (Å²) in [5.74, 6) is 0.416. The lowest BCUT2D eigenvalue weighted by molar-refractivity contribution is 0.277. The molecule has 2 heterocycles. The Morgan fingerprint density at radius 3 is 2.95 bits per heavy atom. The zero-order chi connectivity index (χ0) is 13.4. The number of benzene rings is 1. The first-order valence-corrected chi connectivity index (χ1v) is 6.39. The van der Waals surface area contributed by atoms with Crippen LogP contribution in [0, 0.1) is 5.82 Å². The fraction of sp³-hybridized carbons (Fsp3) is 0.214. The molecule has 98 valence electrons. The number of halogens is 2. The highest BCUT2D eigenvalue weighted by molar-refractivity contribution is 6.31. The first-order chi connectivity index (χ1) is 9.19. The van der Waals surface area contributed by atoms with Crippen molar-refractivity contribution in [3.8, 4) is 0 Å². The van der Waals surface area contributed by atoms with Crippen molar-refractivity contribution in [1.82, 2.24) is 4.98 Å². The van der Waals surface area contributed by atoms with Crippen LogP contribution in [0.2, 0.25) is 5.02 Å². The van der Waals surface area contributed by atoms with Crippen molar-refractivity contribution >= 4 is 23.1 Å². The molecule has 3 nitrogen and oxygen atoms in total. The summed E-state index contributed by atoms with van der Waals surface area (Å²) in [5, 5.41) is 9.63. The molecule has 3 rings (SSSR count). The van der Waals surface area contributed by atoms with Crippen LogP contribution in [0.4, 0.5) is 15.9 Å². The summed E-state index contributed by atoms with van der Waals surface area (Å²) < 4.78 is 13.4. The summed E-state index contributed by atoms with van der Waals surface area (Å²) in [7, 11) is 0. The topological polar surface area (TPSA) is 36.4 Å². The van der Waals surface area contributed by atoms with Gasteiger partial charge in [0.2, 0.25) is 0 Å². The quantitative estimate of drug-likeness (QED) is 0.917. The Labute approximate surface area is 115 Å². The number of aliphatic hydroxyl groups excluding tert-OH is 1. The second-order valence-corrected chi connectivity index (χ2v) is 4.84. The number of aliphatic hydroxyl groups is 1. The van der Waals surface area contributed by atoms with Gasteiger partial charge < -0.3 is 10.0 Å². The Bertz CT molecular complexity index is 633. The Balaban J connectivity index is 2.04. The molecule has 0 bridgehead atoms. The molecule has 5 heteroatoms. The minimum Gasteiger partial charge on any atom is -0.390 e. The highest BCUT2D eigenvalue weighted by Crippen LogP contribution is 2.34. The summed E-state index contributed by atoms with van der Waals surface area (Å²) in [6, 6.07) is 8.26. The maximum Gasteiger partial charge on any atom is 0.133 e. The number of hydrogen-bond donors (Lipinski definition) is 1. The fourth-order valence-corrected chi connectivity index (χ4v) is 2.49. The molecule has 1 aliphatic rings. The lowest BCUT2D eigenvalue weighted by atomic mass is 10.2. The number of anilines is 2. The molecule has 0 spiro atoms. The lowest BCUT2D eigenvalue weighted by Gasteiger charge is -2.19. The summed E-state index contributed by atoms with van der Waals surface area (Å²) >= 11 is 5.93. The molecule has 0 atom stereocenters. The number of fused-ring (bicyclic) bond motifs is 1. The summed E-state index contributed by atoms with van der Waals surface area (Å²) in [5.41, 5.74) is 2.37. The maximum atomic E-state index is 13.4. The van der Waals surface area contributed by atoms with E-state index in [1.165, 1.54) is 12.1 Å². The SMILES string of the molecule is OCc1nc(N2CCc3ccc(F)cc32)ccc1Cl. The van der Waals surface area contributed by atoms with E-state index in [1.54, 1.807) is 18.2 Å². The van der Waals surface area contributed by atoms with Crippen LogP contribution in [-0.4, -0.2) is 16.6 Å². The maximum absolute atomic E-state index is 13.4. The number of rotatable bonds is 2. The molecular weight excluding hydrogens is 267 g/mol. The Morgan fingerprint density at radius 1 is 1.32 bits per heavy atom. The molecule has 1 aliphatic heterocycles. The predicted molar refractivity (Wildman–Crippen MR) is 72.3 cm³/mol. The third kappa shape index (κ3) is 2.17. The fourth-order valence-electron chi connectivity index (χ4n) is 2.32. The van der Waals surface area contributed by atoms with Crippen LogP contribution in [0.15, 0.2) is 30.3 Å². The second kappa shape index (κ2) is 4.79. The Morgan fingerprint density at radius 2 is 2.16 bits per heavy atom. The molecule has 0 saturated carbocycles. The van der Waals surface area contributed by atoms with Gasteiger partial charge in [-0.15, -0.1) is 0 Å². The van der Waals surface area contributed by atoms with Crippen LogP contribution < -0.4 is 4.90 Å². The van der Waals surface area contributed by atoms with E-state index in [0.717, 1.165) is 24.2 Å². The van der Waals surface area contributed by atoms with Crippen molar-refractivity contribution in [2.45, 2.75) is 13.0 Å². The van der Waals surface area contributed by atoms with E-state index in [0.29, 0.717) is 16.5 Å². The van der Waals surface area contributed by atoms with Gasteiger partial charge in [0.15, 0.2) is 0 Å². The van der Waals surface area contributed by atoms with Gasteiger partial charge >= 0.3 is 0 Å². The van der Waals surface area contributed by atoms with Crippen molar-refractivity contribution in [2.24, 2.45) is 0 Å². The van der Waals surface area contributed by atoms with Crippen LogP contribution in [0.25, 0.3) is 0 Å². The first kappa shape index (κ1) is 12.4. The van der Waals surface area contributed by atoms with Crippen molar-refractivity contribution in [3.63, 3.8) is 0 Å². The van der Waals surface area contributed by atoms with E-state index in [1.807, 2.05) is 4.90 Å². The van der Waals surface area contributed by atoms with Gasteiger partial charge in [-0.2, -0.15) is 0 Å². The van der Waals surface area contributed by atoms with E-state index in [9.17, 15) is 9.50 Å². The minimum absolute atomic E-state index is 0.212. The van der Waals surface area contributed by atoms with Crippen LogP contribution in [-0.2, 0) is 13.0 Å². The molecular formula is C14H12ClFN2O. The second-order valence-electron chi connectivity index (χ2n) is 4.43. The zero-order valence-electron chi connectivity index (χ0n) is 10.1. The van der Waals surface area contributed by atoms with Gasteiger partial charge in [0, 0.05) is 12.2 Å². The van der Waals surface area contributed by atoms with Gasteiger partial charge in [-0.25, -0.2) is 9.37 Å². The van der Waals surface area contributed by atoms with Gasteiger partial charge in [-0.3, -0.25) is 0 Å². The van der Waals surface area contributed by atoms with Gasteiger partial charge in [0.1, 0.15) is 11.6 Å². The van der Waals surface area contributed by atoms with Crippen LogP contribution >= 0.6 is 11.6 Å². The van der Waals surface area contributed by atoms with Crippen LogP contribution in [0.3, 0.4) is 0 Å². The van der Waals surface area contributed by atoms with Crippen molar-refractivity contribution in [3.05, 3.63) is 52.4 Å². The number of hydrogen-bond acceptors (Lipinski definition) is 3. The van der Waals surface area contributed by atoms with Gasteiger partial charge in [-0.05, 0) is 36.2 Å². The van der Waals surface area contributed by atoms with E-state index in [-0.39, 0.29) is 12.4 Å². The molecule has 0 radical (unpaired) electrons. The van der Waals surface area contributed by atoms with Crippen LogP contribution in [0.1, 0.15) is 11.3 Å². The third-order valence-electron chi connectivity index (χ3n) is 3.27. The van der Waals surface area contributed by atoms with E-state index < -0.39 is 0 Å². The monoisotopic (exact) mass is 278 g/mol. The normalized spacial score (nSPS) is 13.7. The molecule has 0 unspecified atom stereocenters. The van der Waals surface area contributed by atoms with E-state index in [2.05, 4.69) is 4.98 Å². The molecule has 19 heavy (non-hydrogen) atoms. The first-order valence-electron chi connectivity index (χ1n) is 6.01. The molecule has 2 aromatic rings. The Hall–Kier alpha value is -1.65. The van der Waals surface area contributed by atoms with Crippen molar-refractivity contribution in [2.75, 3.05) is 11.4 Å². The average Bonchev–Trinajstić information content (AvgIpc) is 2.82. The molecule has 0 saturated heterocycles.